The van der Waals surface area contributed by atoms with Gasteiger partial charge in [-0.2, -0.15) is 0 Å². The van der Waals surface area contributed by atoms with Crippen molar-refractivity contribution >= 4 is 27.6 Å². The van der Waals surface area contributed by atoms with E-state index in [0.29, 0.717) is 17.8 Å². The van der Waals surface area contributed by atoms with Crippen LogP contribution in [0.3, 0.4) is 0 Å². The fourth-order valence-electron chi connectivity index (χ4n) is 2.23. The average Bonchev–Trinajstić information content (AvgIpc) is 2.57. The summed E-state index contributed by atoms with van der Waals surface area (Å²) in [6, 6.07) is 0.487. The van der Waals surface area contributed by atoms with Crippen LogP contribution in [0.1, 0.15) is 26.7 Å². The van der Waals surface area contributed by atoms with Crippen molar-refractivity contribution in [1.29, 1.82) is 0 Å². The molecule has 1 aliphatic carbocycles. The number of hydrogen-bond acceptors (Lipinski definition) is 4. The normalized spacial score (nSPS) is 29.3. The van der Waals surface area contributed by atoms with E-state index in [0.717, 1.165) is 16.2 Å². The summed E-state index contributed by atoms with van der Waals surface area (Å²) in [5.74, 6) is 2.73. The van der Waals surface area contributed by atoms with Crippen molar-refractivity contribution in [3.8, 4) is 0 Å². The molecule has 0 spiro atoms. The topological polar surface area (TPSA) is 63.8 Å². The van der Waals surface area contributed by atoms with Gasteiger partial charge in [-0.3, -0.25) is 0 Å². The molecule has 2 rings (SSSR count). The molecular weight excluding hydrogens is 268 g/mol. The fraction of sp³-hybridized carbons (Fsp3) is 0.636. The molecule has 3 unspecified atom stereocenters. The van der Waals surface area contributed by atoms with Gasteiger partial charge in [-0.15, -0.1) is 0 Å². The molecule has 16 heavy (non-hydrogen) atoms. The zero-order valence-electron chi connectivity index (χ0n) is 9.57. The van der Waals surface area contributed by atoms with Crippen LogP contribution in [0.5, 0.6) is 0 Å². The summed E-state index contributed by atoms with van der Waals surface area (Å²) in [5, 5.41) is 3.45. The predicted octanol–water partition coefficient (Wildman–Crippen LogP) is 2.67. The number of rotatable bonds is 2. The molecule has 1 aromatic rings. The van der Waals surface area contributed by atoms with Crippen LogP contribution < -0.4 is 11.1 Å². The minimum Gasteiger partial charge on any atom is -0.383 e. The molecule has 0 saturated heterocycles. The molecule has 0 aliphatic heterocycles. The SMILES string of the molecule is CC1CCC(Nc2ncnc(N)c2Br)C1C. The second-order valence-electron chi connectivity index (χ2n) is 4.59. The van der Waals surface area contributed by atoms with Crippen LogP contribution in [0.4, 0.5) is 11.6 Å². The first kappa shape index (κ1) is 11.6. The van der Waals surface area contributed by atoms with E-state index in [9.17, 15) is 0 Å². The van der Waals surface area contributed by atoms with Crippen molar-refractivity contribution in [2.45, 2.75) is 32.7 Å². The lowest BCUT2D eigenvalue weighted by Crippen LogP contribution is -2.25. The highest BCUT2D eigenvalue weighted by Gasteiger charge is 2.30. The van der Waals surface area contributed by atoms with Crippen molar-refractivity contribution < 1.29 is 0 Å². The van der Waals surface area contributed by atoms with E-state index in [4.69, 9.17) is 5.73 Å². The first-order valence-corrected chi connectivity index (χ1v) is 6.41. The number of aromatic nitrogens is 2. The lowest BCUT2D eigenvalue weighted by Gasteiger charge is -2.20. The Morgan fingerprint density at radius 2 is 2.12 bits per heavy atom. The van der Waals surface area contributed by atoms with Gasteiger partial charge in [0.05, 0.1) is 0 Å². The van der Waals surface area contributed by atoms with Crippen molar-refractivity contribution in [3.05, 3.63) is 10.8 Å². The van der Waals surface area contributed by atoms with Crippen molar-refractivity contribution in [2.75, 3.05) is 11.1 Å². The van der Waals surface area contributed by atoms with Gasteiger partial charge in [-0.25, -0.2) is 9.97 Å². The van der Waals surface area contributed by atoms with Gasteiger partial charge in [0.1, 0.15) is 22.4 Å². The Hall–Kier alpha value is -0.840. The molecular formula is C11H17BrN4. The van der Waals surface area contributed by atoms with E-state index in [1.54, 1.807) is 0 Å². The Balaban J connectivity index is 2.12. The van der Waals surface area contributed by atoms with Crippen LogP contribution in [-0.2, 0) is 0 Å². The summed E-state index contributed by atoms with van der Waals surface area (Å²) in [7, 11) is 0. The van der Waals surface area contributed by atoms with Gasteiger partial charge in [0.25, 0.3) is 0 Å². The monoisotopic (exact) mass is 284 g/mol. The predicted molar refractivity (Wildman–Crippen MR) is 69.1 cm³/mol. The first-order valence-electron chi connectivity index (χ1n) is 5.62. The van der Waals surface area contributed by atoms with E-state index >= 15 is 0 Å². The quantitative estimate of drug-likeness (QED) is 0.877. The Bertz CT molecular complexity index is 382. The van der Waals surface area contributed by atoms with Gasteiger partial charge in [0, 0.05) is 6.04 Å². The molecule has 1 heterocycles. The molecule has 0 radical (unpaired) electrons. The Morgan fingerprint density at radius 3 is 2.75 bits per heavy atom. The largest absolute Gasteiger partial charge is 0.383 e. The Kier molecular flexibility index (Phi) is 3.33. The molecule has 3 N–H and O–H groups in total. The van der Waals surface area contributed by atoms with Crippen LogP contribution in [0.25, 0.3) is 0 Å². The van der Waals surface area contributed by atoms with Gasteiger partial charge in [0.2, 0.25) is 0 Å². The second-order valence-corrected chi connectivity index (χ2v) is 5.38. The summed E-state index contributed by atoms with van der Waals surface area (Å²) < 4.78 is 0.766. The number of anilines is 2. The fourth-order valence-corrected chi connectivity index (χ4v) is 2.55. The third-order valence-electron chi connectivity index (χ3n) is 3.60. The molecule has 3 atom stereocenters. The highest BCUT2D eigenvalue weighted by Crippen LogP contribution is 2.34. The number of halogens is 1. The maximum atomic E-state index is 5.72. The van der Waals surface area contributed by atoms with Gasteiger partial charge in [0.15, 0.2) is 0 Å². The molecule has 0 amide bonds. The smallest absolute Gasteiger partial charge is 0.146 e. The van der Waals surface area contributed by atoms with Gasteiger partial charge in [-0.1, -0.05) is 13.8 Å². The van der Waals surface area contributed by atoms with Crippen LogP contribution in [0.2, 0.25) is 0 Å². The molecule has 88 valence electrons. The van der Waals surface area contributed by atoms with Crippen molar-refractivity contribution in [2.24, 2.45) is 11.8 Å². The molecule has 5 heteroatoms. The first-order chi connectivity index (χ1) is 7.59. The van der Waals surface area contributed by atoms with Gasteiger partial charge in [-0.05, 0) is 40.6 Å². The molecule has 1 aliphatic rings. The second kappa shape index (κ2) is 4.57. The summed E-state index contributed by atoms with van der Waals surface area (Å²) in [5.41, 5.74) is 5.72. The van der Waals surface area contributed by atoms with Crippen LogP contribution in [-0.4, -0.2) is 16.0 Å². The molecule has 0 bridgehead atoms. The van der Waals surface area contributed by atoms with Crippen LogP contribution in [0, 0.1) is 11.8 Å². The maximum absolute atomic E-state index is 5.72. The Morgan fingerprint density at radius 1 is 1.38 bits per heavy atom. The molecule has 0 aromatic carbocycles. The molecule has 1 saturated carbocycles. The number of nitrogens with zero attached hydrogens (tertiary/aromatic N) is 2. The lowest BCUT2D eigenvalue weighted by molar-refractivity contribution is 0.435. The third kappa shape index (κ3) is 2.14. The average molecular weight is 285 g/mol. The summed E-state index contributed by atoms with van der Waals surface area (Å²) in [6.07, 6.45) is 3.96. The highest BCUT2D eigenvalue weighted by atomic mass is 79.9. The summed E-state index contributed by atoms with van der Waals surface area (Å²) in [4.78, 5) is 8.14. The van der Waals surface area contributed by atoms with E-state index in [1.165, 1.54) is 19.2 Å². The molecule has 4 nitrogen and oxygen atoms in total. The van der Waals surface area contributed by atoms with E-state index in [2.05, 4.69) is 45.1 Å². The highest BCUT2D eigenvalue weighted by molar-refractivity contribution is 9.10. The van der Waals surface area contributed by atoms with Crippen LogP contribution >= 0.6 is 15.9 Å². The minimum atomic E-state index is 0.483. The molecule has 1 fully saturated rings. The van der Waals surface area contributed by atoms with E-state index < -0.39 is 0 Å². The van der Waals surface area contributed by atoms with Crippen molar-refractivity contribution in [1.82, 2.24) is 9.97 Å². The minimum absolute atomic E-state index is 0.483. The zero-order chi connectivity index (χ0) is 11.7. The standard InChI is InChI=1S/C11H17BrN4/c1-6-3-4-8(7(6)2)16-11-9(12)10(13)14-5-15-11/h5-8H,3-4H2,1-2H3,(H3,13,14,15,16). The van der Waals surface area contributed by atoms with E-state index in [1.807, 2.05) is 0 Å². The number of nitrogen functional groups attached to an aromatic ring is 1. The molecule has 1 aromatic heterocycles. The number of nitrogens with one attached hydrogen (secondary N) is 1. The Labute approximate surface area is 104 Å². The lowest BCUT2D eigenvalue weighted by atomic mass is 9.98. The summed E-state index contributed by atoms with van der Waals surface area (Å²) in [6.45, 7) is 4.59. The van der Waals surface area contributed by atoms with Gasteiger partial charge < -0.3 is 11.1 Å². The van der Waals surface area contributed by atoms with E-state index in [-0.39, 0.29) is 0 Å². The van der Waals surface area contributed by atoms with Crippen molar-refractivity contribution in [3.63, 3.8) is 0 Å². The zero-order valence-corrected chi connectivity index (χ0v) is 11.2. The summed E-state index contributed by atoms with van der Waals surface area (Å²) >= 11 is 3.41. The number of hydrogen-bond donors (Lipinski definition) is 2. The third-order valence-corrected chi connectivity index (χ3v) is 4.39. The van der Waals surface area contributed by atoms with Crippen LogP contribution in [0.15, 0.2) is 10.8 Å². The maximum Gasteiger partial charge on any atom is 0.146 e. The van der Waals surface area contributed by atoms with Gasteiger partial charge >= 0.3 is 0 Å². The number of nitrogens with two attached hydrogens (primary N) is 1.